The summed E-state index contributed by atoms with van der Waals surface area (Å²) < 4.78 is 20.2. The van der Waals surface area contributed by atoms with Crippen LogP contribution in [0.2, 0.25) is 0 Å². The van der Waals surface area contributed by atoms with Crippen LogP contribution in [0.1, 0.15) is 21.7 Å². The van der Waals surface area contributed by atoms with E-state index in [4.69, 9.17) is 4.74 Å². The lowest BCUT2D eigenvalue weighted by Gasteiger charge is -2.11. The lowest BCUT2D eigenvalue weighted by atomic mass is 10.2. The molecule has 32 heavy (non-hydrogen) atoms. The molecule has 4 aromatic rings. The minimum atomic E-state index is -0.263. The maximum absolute atomic E-state index is 13.2. The second-order valence-corrected chi connectivity index (χ2v) is 7.84. The SMILES string of the molecule is COc1ccc(C(=O)NCc2nnc(SCc3ccc(F)cc3)n2-c2ccccc2)cc1. The summed E-state index contributed by atoms with van der Waals surface area (Å²) in [6.45, 7) is 0.212. The Morgan fingerprint density at radius 3 is 2.41 bits per heavy atom. The zero-order valence-electron chi connectivity index (χ0n) is 17.4. The number of thioether (sulfide) groups is 1. The molecule has 0 aliphatic rings. The first-order chi connectivity index (χ1) is 15.6. The van der Waals surface area contributed by atoms with Crippen LogP contribution in [0.3, 0.4) is 0 Å². The van der Waals surface area contributed by atoms with E-state index in [0.717, 1.165) is 11.3 Å². The Balaban J connectivity index is 1.52. The lowest BCUT2D eigenvalue weighted by Crippen LogP contribution is -2.24. The molecule has 1 amide bonds. The van der Waals surface area contributed by atoms with Crippen LogP contribution < -0.4 is 10.1 Å². The average molecular weight is 449 g/mol. The first-order valence-electron chi connectivity index (χ1n) is 9.93. The predicted octanol–water partition coefficient (Wildman–Crippen LogP) is 4.64. The molecule has 0 aliphatic heterocycles. The number of para-hydroxylation sites is 1. The van der Waals surface area contributed by atoms with Gasteiger partial charge >= 0.3 is 0 Å². The highest BCUT2D eigenvalue weighted by atomic mass is 32.2. The minimum Gasteiger partial charge on any atom is -0.497 e. The van der Waals surface area contributed by atoms with Gasteiger partial charge in [-0.2, -0.15) is 0 Å². The first-order valence-corrected chi connectivity index (χ1v) is 10.9. The van der Waals surface area contributed by atoms with Crippen molar-refractivity contribution in [3.05, 3.63) is 102 Å². The number of rotatable bonds is 8. The maximum atomic E-state index is 13.2. The van der Waals surface area contributed by atoms with Crippen molar-refractivity contribution in [2.45, 2.75) is 17.5 Å². The molecule has 1 heterocycles. The monoisotopic (exact) mass is 448 g/mol. The molecule has 1 aromatic heterocycles. The Morgan fingerprint density at radius 2 is 1.72 bits per heavy atom. The maximum Gasteiger partial charge on any atom is 0.251 e. The van der Waals surface area contributed by atoms with Crippen molar-refractivity contribution in [3.63, 3.8) is 0 Å². The van der Waals surface area contributed by atoms with Gasteiger partial charge in [-0.25, -0.2) is 4.39 Å². The van der Waals surface area contributed by atoms with E-state index >= 15 is 0 Å². The van der Waals surface area contributed by atoms with Gasteiger partial charge in [0.2, 0.25) is 0 Å². The molecule has 162 valence electrons. The standard InChI is InChI=1S/C24H21FN4O2S/c1-31-21-13-9-18(10-14-21)23(30)26-15-22-27-28-24(29(22)20-5-3-2-4-6-20)32-16-17-7-11-19(25)12-8-17/h2-14H,15-16H2,1H3,(H,26,30). The molecule has 0 spiro atoms. The second kappa shape index (κ2) is 10.1. The number of carbonyl (C=O) groups excluding carboxylic acids is 1. The molecule has 8 heteroatoms. The number of carbonyl (C=O) groups is 1. The van der Waals surface area contributed by atoms with Crippen LogP contribution in [0.25, 0.3) is 5.69 Å². The van der Waals surface area contributed by atoms with E-state index in [1.807, 2.05) is 34.9 Å². The summed E-state index contributed by atoms with van der Waals surface area (Å²) in [6, 6.07) is 23.0. The molecule has 6 nitrogen and oxygen atoms in total. The van der Waals surface area contributed by atoms with Crippen molar-refractivity contribution < 1.29 is 13.9 Å². The Labute approximate surface area is 189 Å². The molecule has 0 aliphatic carbocycles. The molecule has 1 N–H and O–H groups in total. The van der Waals surface area contributed by atoms with Gasteiger partial charge in [0.15, 0.2) is 11.0 Å². The van der Waals surface area contributed by atoms with Crippen molar-refractivity contribution in [2.75, 3.05) is 7.11 Å². The molecule has 0 saturated carbocycles. The van der Waals surface area contributed by atoms with Crippen molar-refractivity contribution in [1.82, 2.24) is 20.1 Å². The Kier molecular flexibility index (Phi) is 6.81. The van der Waals surface area contributed by atoms with Crippen LogP contribution in [0, 0.1) is 5.82 Å². The number of hydrogen-bond donors (Lipinski definition) is 1. The summed E-state index contributed by atoms with van der Waals surface area (Å²) in [5, 5.41) is 12.2. The topological polar surface area (TPSA) is 69.0 Å². The lowest BCUT2D eigenvalue weighted by molar-refractivity contribution is 0.0949. The van der Waals surface area contributed by atoms with Gasteiger partial charge in [0.1, 0.15) is 11.6 Å². The molecule has 3 aromatic carbocycles. The zero-order chi connectivity index (χ0) is 22.3. The van der Waals surface area contributed by atoms with Crippen LogP contribution in [0.5, 0.6) is 5.75 Å². The van der Waals surface area contributed by atoms with E-state index < -0.39 is 0 Å². The fourth-order valence-corrected chi connectivity index (χ4v) is 4.00. The molecule has 4 rings (SSSR count). The number of benzene rings is 3. The molecule has 0 bridgehead atoms. The highest BCUT2D eigenvalue weighted by molar-refractivity contribution is 7.98. The molecule has 0 saturated heterocycles. The van der Waals surface area contributed by atoms with Crippen LogP contribution in [-0.4, -0.2) is 27.8 Å². The quantitative estimate of drug-likeness (QED) is 0.398. The third kappa shape index (κ3) is 5.15. The number of halogens is 1. The average Bonchev–Trinajstić information content (AvgIpc) is 3.25. The zero-order valence-corrected chi connectivity index (χ0v) is 18.2. The minimum absolute atomic E-state index is 0.212. The van der Waals surface area contributed by atoms with Gasteiger partial charge in [0.05, 0.1) is 13.7 Å². The Bertz CT molecular complexity index is 1180. The third-order valence-electron chi connectivity index (χ3n) is 4.76. The number of nitrogens with one attached hydrogen (secondary N) is 1. The molecule has 0 atom stereocenters. The van der Waals surface area contributed by atoms with Crippen molar-refractivity contribution in [2.24, 2.45) is 0 Å². The van der Waals surface area contributed by atoms with Gasteiger partial charge in [-0.3, -0.25) is 9.36 Å². The molecule has 0 unspecified atom stereocenters. The van der Waals surface area contributed by atoms with Crippen LogP contribution in [0.15, 0.2) is 84.0 Å². The summed E-state index contributed by atoms with van der Waals surface area (Å²) in [7, 11) is 1.58. The fraction of sp³-hybridized carbons (Fsp3) is 0.125. The number of nitrogens with zero attached hydrogens (tertiary/aromatic N) is 3. The van der Waals surface area contributed by atoms with Gasteiger partial charge in [-0.15, -0.1) is 10.2 Å². The fourth-order valence-electron chi connectivity index (χ4n) is 3.08. The molecular formula is C24H21FN4O2S. The van der Waals surface area contributed by atoms with E-state index in [-0.39, 0.29) is 18.3 Å². The van der Waals surface area contributed by atoms with Crippen molar-refractivity contribution in [3.8, 4) is 11.4 Å². The highest BCUT2D eigenvalue weighted by Gasteiger charge is 2.16. The Hall–Kier alpha value is -3.65. The van der Waals surface area contributed by atoms with E-state index in [9.17, 15) is 9.18 Å². The normalized spacial score (nSPS) is 10.7. The number of aromatic nitrogens is 3. The third-order valence-corrected chi connectivity index (χ3v) is 5.76. The van der Waals surface area contributed by atoms with Gasteiger partial charge in [-0.05, 0) is 54.1 Å². The highest BCUT2D eigenvalue weighted by Crippen LogP contribution is 2.25. The summed E-state index contributed by atoms with van der Waals surface area (Å²) in [5.41, 5.74) is 2.41. The molecular weight excluding hydrogens is 427 g/mol. The van der Waals surface area contributed by atoms with E-state index in [0.29, 0.717) is 28.0 Å². The number of ether oxygens (including phenoxy) is 1. The smallest absolute Gasteiger partial charge is 0.251 e. The van der Waals surface area contributed by atoms with E-state index in [1.54, 1.807) is 43.5 Å². The van der Waals surface area contributed by atoms with Crippen molar-refractivity contribution in [1.29, 1.82) is 0 Å². The molecule has 0 fully saturated rings. The molecule has 0 radical (unpaired) electrons. The first kappa shape index (κ1) is 21.6. The number of methoxy groups -OCH3 is 1. The van der Waals surface area contributed by atoms with Crippen molar-refractivity contribution >= 4 is 17.7 Å². The number of amides is 1. The van der Waals surface area contributed by atoms with E-state index in [2.05, 4.69) is 15.5 Å². The summed E-state index contributed by atoms with van der Waals surface area (Å²) in [6.07, 6.45) is 0. The van der Waals surface area contributed by atoms with E-state index in [1.165, 1.54) is 23.9 Å². The number of hydrogen-bond acceptors (Lipinski definition) is 5. The van der Waals surface area contributed by atoms with Crippen LogP contribution in [-0.2, 0) is 12.3 Å². The summed E-state index contributed by atoms with van der Waals surface area (Å²) in [5.74, 6) is 1.44. The van der Waals surface area contributed by atoms with Gasteiger partial charge in [-0.1, -0.05) is 42.1 Å². The largest absolute Gasteiger partial charge is 0.497 e. The van der Waals surface area contributed by atoms with Gasteiger partial charge in [0.25, 0.3) is 5.91 Å². The van der Waals surface area contributed by atoms with Crippen LogP contribution >= 0.6 is 11.8 Å². The summed E-state index contributed by atoms with van der Waals surface area (Å²) >= 11 is 1.50. The predicted molar refractivity (Wildman–Crippen MR) is 121 cm³/mol. The van der Waals surface area contributed by atoms with Gasteiger partial charge in [0, 0.05) is 17.0 Å². The van der Waals surface area contributed by atoms with Crippen LogP contribution in [0.4, 0.5) is 4.39 Å². The summed E-state index contributed by atoms with van der Waals surface area (Å²) in [4.78, 5) is 12.6. The Morgan fingerprint density at radius 1 is 1.00 bits per heavy atom. The second-order valence-electron chi connectivity index (χ2n) is 6.90. The van der Waals surface area contributed by atoms with Gasteiger partial charge < -0.3 is 10.1 Å².